The molecule has 0 amide bonds. The Balaban J connectivity index is 0.000000141. The third-order valence-electron chi connectivity index (χ3n) is 17.5. The monoisotopic (exact) mass is 1720 g/mol. The van der Waals surface area contributed by atoms with Crippen LogP contribution in [-0.4, -0.2) is 145 Å². The van der Waals surface area contributed by atoms with Crippen molar-refractivity contribution in [3.05, 3.63) is 373 Å². The second-order valence-electron chi connectivity index (χ2n) is 26.4. The summed E-state index contributed by atoms with van der Waals surface area (Å²) in [6.07, 6.45) is 19.7. The highest BCUT2D eigenvalue weighted by Crippen LogP contribution is 2.27. The summed E-state index contributed by atoms with van der Waals surface area (Å²) in [4.78, 5) is 80.2. The van der Waals surface area contributed by atoms with Gasteiger partial charge in [0.1, 0.15) is 23.0 Å². The van der Waals surface area contributed by atoms with Crippen LogP contribution < -0.4 is 19.3 Å². The molecule has 10 heterocycles. The molecule has 628 valence electrons. The first kappa shape index (κ1) is 87.9. The topological polar surface area (TPSA) is 261 Å². The van der Waals surface area contributed by atoms with Crippen molar-refractivity contribution in [2.24, 2.45) is 0 Å². The number of aromatic nitrogens is 10. The van der Waals surface area contributed by atoms with Gasteiger partial charge in [0.2, 0.25) is 0 Å². The Bertz CT molecular complexity index is 6180. The van der Waals surface area contributed by atoms with Crippen LogP contribution in [0, 0.1) is 0 Å². The Morgan fingerprint density at radius 3 is 1.22 bits per heavy atom. The fourth-order valence-corrected chi connectivity index (χ4v) is 12.6. The normalized spacial score (nSPS) is 12.1. The van der Waals surface area contributed by atoms with Crippen LogP contribution in [0.3, 0.4) is 0 Å². The lowest BCUT2D eigenvalue weighted by atomic mass is 10.1. The Hall–Kier alpha value is -15.4. The number of halogens is 6. The summed E-state index contributed by atoms with van der Waals surface area (Å²) in [6, 6.07) is 64.7. The Kier molecular flexibility index (Phi) is 30.1. The van der Waals surface area contributed by atoms with Gasteiger partial charge in [-0.15, -0.1) is 49.0 Å². The highest BCUT2D eigenvalue weighted by atomic mass is 32.1. The average molecular weight is 1720 g/mol. The zero-order valence-corrected chi connectivity index (χ0v) is 67.7. The highest BCUT2D eigenvalue weighted by molar-refractivity contribution is 7.11. The van der Waals surface area contributed by atoms with Crippen molar-refractivity contribution < 1.29 is 82.9 Å². The predicted molar refractivity (Wildman–Crippen MR) is 461 cm³/mol. The van der Waals surface area contributed by atoms with Crippen molar-refractivity contribution in [3.8, 4) is 11.5 Å². The number of hydrogen-bond donors (Lipinski definition) is 0. The maximum absolute atomic E-state index is 12.7. The number of hydrogen-bond acceptors (Lipinski definition) is 21. The molecule has 0 radical (unpaired) electrons. The summed E-state index contributed by atoms with van der Waals surface area (Å²) in [5.41, 5.74) is 8.51. The van der Waals surface area contributed by atoms with E-state index in [1.807, 2.05) is 181 Å². The van der Waals surface area contributed by atoms with E-state index in [0.717, 1.165) is 98.1 Å². The molecule has 0 aliphatic carbocycles. The summed E-state index contributed by atoms with van der Waals surface area (Å²) >= 11 is 3.14. The number of benzene rings is 6. The number of carbonyl (C=O) groups excluding carboxylic acids is 6. The molecule has 1 saturated heterocycles. The van der Waals surface area contributed by atoms with Gasteiger partial charge in [-0.1, -0.05) is 66.7 Å². The fraction of sp³-hybridized carbons (Fsp3) is 0.0978. The second-order valence-corrected chi connectivity index (χ2v) is 28.4. The van der Waals surface area contributed by atoms with Crippen molar-refractivity contribution in [1.29, 1.82) is 0 Å². The van der Waals surface area contributed by atoms with Crippen LogP contribution in [0.25, 0.3) is 60.8 Å². The standard InChI is InChI=1S/C22H21N3O2.C18H17N3O2.C18H14N2O4.2C17H11F3N2O2S/c26-22(19-7-10-21(11-8-19)24-14-16-27-17-15-24)25-13-12-20(23-25)9-6-18-4-2-1-3-5-18;1-20(2)16-6-3-5-14(13-16)18(22)21-11-10-15(19-21)8-9-17-7-4-12-23-17;1-23-18(22)14-5-2-4-13(12-14)17(21)20-10-9-15(19-20)7-8-16-6-3-11-24-16;18-17(19,20)24-14-4-1-3-12(11-14)16(23)22-9-8-13(21-22)6-7-15-5-2-10-25-15;18-17(19,20)24-14-6-3-12(4-7-14)16(23)22-10-9-13(21-22)5-8-15-2-1-11-25-15/h1-13H,14-17H2;3-13H,1-2H3;2-12H,1H3;2*1-11H/b9-6+;9-8+;8-7+;7-6+;8-5+. The van der Waals surface area contributed by atoms with Crippen LogP contribution in [-0.2, 0) is 9.47 Å². The highest BCUT2D eigenvalue weighted by Gasteiger charge is 2.32. The smallest absolute Gasteiger partial charge is 0.465 e. The van der Waals surface area contributed by atoms with Crippen LogP contribution in [0.1, 0.15) is 117 Å². The third-order valence-corrected chi connectivity index (χ3v) is 19.1. The molecule has 16 rings (SSSR count). The number of morpholine rings is 1. The summed E-state index contributed by atoms with van der Waals surface area (Å²) in [5.74, 6) is -1.53. The summed E-state index contributed by atoms with van der Waals surface area (Å²) in [6.45, 7) is 3.24. The number of methoxy groups -OCH3 is 1. The molecule has 32 heteroatoms. The first-order valence-electron chi connectivity index (χ1n) is 37.6. The molecule has 6 aromatic carbocycles. The maximum Gasteiger partial charge on any atom is 0.573 e. The van der Waals surface area contributed by atoms with Gasteiger partial charge in [-0.2, -0.15) is 25.5 Å². The largest absolute Gasteiger partial charge is 0.573 e. The van der Waals surface area contributed by atoms with Crippen molar-refractivity contribution in [1.82, 2.24) is 48.9 Å². The molecule has 9 aromatic heterocycles. The molecule has 1 aliphatic rings. The molecule has 0 bridgehead atoms. The number of nitrogens with zero attached hydrogens (tertiary/aromatic N) is 12. The number of ether oxygens (including phenoxy) is 4. The Labute approximate surface area is 713 Å². The van der Waals surface area contributed by atoms with Crippen molar-refractivity contribution >= 4 is 130 Å². The van der Waals surface area contributed by atoms with Crippen LogP contribution in [0.2, 0.25) is 0 Å². The van der Waals surface area contributed by atoms with Crippen molar-refractivity contribution in [3.63, 3.8) is 0 Å². The first-order chi connectivity index (χ1) is 59.9. The number of esters is 1. The summed E-state index contributed by atoms with van der Waals surface area (Å²) < 4.78 is 107. The molecule has 1 fully saturated rings. The molecular formula is C92H74F6N12O12S2. The van der Waals surface area contributed by atoms with Gasteiger partial charge in [0, 0.05) is 107 Å². The van der Waals surface area contributed by atoms with Gasteiger partial charge in [-0.25, -0.2) is 28.2 Å². The molecule has 0 atom stereocenters. The Morgan fingerprint density at radius 1 is 0.387 bits per heavy atom. The van der Waals surface area contributed by atoms with Crippen LogP contribution in [0.15, 0.2) is 294 Å². The van der Waals surface area contributed by atoms with Crippen LogP contribution in [0.4, 0.5) is 37.7 Å². The number of carbonyl (C=O) groups is 6. The van der Waals surface area contributed by atoms with Gasteiger partial charge < -0.3 is 37.6 Å². The molecule has 124 heavy (non-hydrogen) atoms. The van der Waals surface area contributed by atoms with E-state index in [0.29, 0.717) is 50.8 Å². The van der Waals surface area contributed by atoms with E-state index < -0.39 is 36.3 Å². The van der Waals surface area contributed by atoms with E-state index in [2.05, 4.69) is 44.6 Å². The summed E-state index contributed by atoms with van der Waals surface area (Å²) in [7, 11) is 5.17. The molecule has 0 spiro atoms. The maximum atomic E-state index is 12.7. The minimum absolute atomic E-state index is 0.0404. The van der Waals surface area contributed by atoms with Crippen molar-refractivity contribution in [2.75, 3.05) is 57.3 Å². The lowest BCUT2D eigenvalue weighted by molar-refractivity contribution is -0.275. The zero-order valence-electron chi connectivity index (χ0n) is 66.1. The number of anilines is 2. The minimum atomic E-state index is -4.81. The molecular weight excluding hydrogens is 1640 g/mol. The van der Waals surface area contributed by atoms with Crippen molar-refractivity contribution in [2.45, 2.75) is 12.7 Å². The van der Waals surface area contributed by atoms with Crippen LogP contribution in [0.5, 0.6) is 11.5 Å². The Morgan fingerprint density at radius 2 is 0.790 bits per heavy atom. The molecule has 0 N–H and O–H groups in total. The lowest BCUT2D eigenvalue weighted by Crippen LogP contribution is -2.36. The number of alkyl halides is 6. The van der Waals surface area contributed by atoms with Gasteiger partial charge >= 0.3 is 18.7 Å². The molecule has 24 nitrogen and oxygen atoms in total. The number of thiophene rings is 2. The average Bonchev–Trinajstić information content (AvgIpc) is 1.64. The molecule has 1 aliphatic heterocycles. The van der Waals surface area contributed by atoms with E-state index in [1.165, 1.54) is 63.9 Å². The number of furan rings is 2. The van der Waals surface area contributed by atoms with Gasteiger partial charge in [-0.05, 0) is 241 Å². The van der Waals surface area contributed by atoms with Crippen LogP contribution >= 0.6 is 22.7 Å². The van der Waals surface area contributed by atoms with E-state index >= 15 is 0 Å². The second kappa shape index (κ2) is 42.5. The van der Waals surface area contributed by atoms with E-state index in [9.17, 15) is 55.1 Å². The van der Waals surface area contributed by atoms with E-state index in [1.54, 1.807) is 139 Å². The predicted octanol–water partition coefficient (Wildman–Crippen LogP) is 19.5. The van der Waals surface area contributed by atoms with Gasteiger partial charge in [-0.3, -0.25) is 24.0 Å². The minimum Gasteiger partial charge on any atom is -0.465 e. The lowest BCUT2D eigenvalue weighted by Gasteiger charge is -2.28. The van der Waals surface area contributed by atoms with E-state index in [4.69, 9.17) is 13.6 Å². The van der Waals surface area contributed by atoms with E-state index in [-0.39, 0.29) is 34.6 Å². The molecule has 15 aromatic rings. The number of rotatable bonds is 20. The first-order valence-corrected chi connectivity index (χ1v) is 39.4. The fourth-order valence-electron chi connectivity index (χ4n) is 11.4. The summed E-state index contributed by atoms with van der Waals surface area (Å²) in [5, 5.41) is 25.0. The van der Waals surface area contributed by atoms with Gasteiger partial charge in [0.15, 0.2) is 0 Å². The SMILES string of the molecule is CN(C)c1cccc(C(=O)n2ccc(/C=C/c3ccco3)n2)c1.COC(=O)c1cccc(C(=O)n2ccc(/C=C/c3ccco3)n2)c1.O=C(c1ccc(N2CCOCC2)cc1)n1ccc(/C=C/c2ccccc2)n1.O=C(c1ccc(OC(F)(F)F)cc1)n1ccc(/C=C/c2cccs2)n1.O=C(c1cccc(OC(F)(F)F)c1)n1ccc(/C=C/c2cccs2)n1. The van der Waals surface area contributed by atoms with Gasteiger partial charge in [0.25, 0.3) is 29.5 Å². The molecule has 0 unspecified atom stereocenters. The third kappa shape index (κ3) is 26.3. The zero-order chi connectivity index (χ0) is 87.4. The quantitative estimate of drug-likeness (QED) is 0.0507. The molecule has 0 saturated carbocycles. The van der Waals surface area contributed by atoms with Gasteiger partial charge in [0.05, 0.1) is 66.9 Å².